The van der Waals surface area contributed by atoms with Crippen molar-refractivity contribution in [3.63, 3.8) is 0 Å². The van der Waals surface area contributed by atoms with E-state index in [1.807, 2.05) is 0 Å². The molecular weight excluding hydrogens is 270 g/mol. The average Bonchev–Trinajstić information content (AvgIpc) is 2.44. The maximum Gasteiger partial charge on any atom is 0.231 e. The Bertz CT molecular complexity index is 537. The topological polar surface area (TPSA) is 29.1 Å². The Hall–Kier alpha value is -1.31. The van der Waals surface area contributed by atoms with E-state index in [2.05, 4.69) is 59.0 Å². The number of hydrogen-bond donors (Lipinski definition) is 1. The molecule has 2 nitrogen and oxygen atoms in total. The zero-order valence-corrected chi connectivity index (χ0v) is 15.1. The van der Waals surface area contributed by atoms with Crippen molar-refractivity contribution in [3.8, 4) is 0 Å². The molecule has 1 aliphatic carbocycles. The summed E-state index contributed by atoms with van der Waals surface area (Å²) in [6.07, 6.45) is 5.60. The van der Waals surface area contributed by atoms with E-state index < -0.39 is 0 Å². The van der Waals surface area contributed by atoms with Gasteiger partial charge in [-0.3, -0.25) is 4.79 Å². The van der Waals surface area contributed by atoms with Crippen molar-refractivity contribution < 1.29 is 4.79 Å². The zero-order valence-electron chi connectivity index (χ0n) is 15.1. The van der Waals surface area contributed by atoms with Crippen molar-refractivity contribution in [2.75, 3.05) is 5.32 Å². The summed E-state index contributed by atoms with van der Waals surface area (Å²) in [5, 5.41) is 3.23. The maximum absolute atomic E-state index is 13.1. The molecule has 0 aliphatic heterocycles. The van der Waals surface area contributed by atoms with Gasteiger partial charge in [0, 0.05) is 5.69 Å². The van der Waals surface area contributed by atoms with E-state index in [1.165, 1.54) is 23.1 Å². The molecule has 0 atom stereocenters. The number of hydrogen-bond acceptors (Lipinski definition) is 1. The molecule has 1 aromatic carbocycles. The molecule has 122 valence electrons. The Morgan fingerprint density at radius 1 is 1.00 bits per heavy atom. The van der Waals surface area contributed by atoms with Crippen LogP contribution >= 0.6 is 0 Å². The fourth-order valence-electron chi connectivity index (χ4n) is 3.83. The van der Waals surface area contributed by atoms with E-state index in [9.17, 15) is 4.79 Å². The van der Waals surface area contributed by atoms with Gasteiger partial charge in [0.2, 0.25) is 5.91 Å². The lowest BCUT2D eigenvalue weighted by Crippen LogP contribution is -2.47. The minimum Gasteiger partial charge on any atom is -0.326 e. The average molecular weight is 301 g/mol. The molecule has 1 aliphatic rings. The summed E-state index contributed by atoms with van der Waals surface area (Å²) in [4.78, 5) is 13.1. The summed E-state index contributed by atoms with van der Waals surface area (Å²) in [7, 11) is 0. The van der Waals surface area contributed by atoms with E-state index in [4.69, 9.17) is 0 Å². The molecule has 22 heavy (non-hydrogen) atoms. The number of rotatable bonds is 2. The van der Waals surface area contributed by atoms with Gasteiger partial charge in [-0.1, -0.05) is 40.0 Å². The summed E-state index contributed by atoms with van der Waals surface area (Å²) < 4.78 is 0. The van der Waals surface area contributed by atoms with Gasteiger partial charge in [-0.15, -0.1) is 0 Å². The van der Waals surface area contributed by atoms with Gasteiger partial charge in [-0.25, -0.2) is 0 Å². The SMILES string of the molecule is Cc1cc(NC(=O)C2(C(C)(C)C)CCCCC2)cc(C)c1C. The Morgan fingerprint density at radius 2 is 1.50 bits per heavy atom. The molecular formula is C20H31NO. The Kier molecular flexibility index (Phi) is 4.70. The van der Waals surface area contributed by atoms with Crippen LogP contribution in [0.2, 0.25) is 0 Å². The van der Waals surface area contributed by atoms with Crippen molar-refractivity contribution in [2.24, 2.45) is 10.8 Å². The van der Waals surface area contributed by atoms with Gasteiger partial charge >= 0.3 is 0 Å². The molecule has 2 rings (SSSR count). The first-order chi connectivity index (χ1) is 10.2. The predicted octanol–water partition coefficient (Wildman–Crippen LogP) is 5.55. The highest BCUT2D eigenvalue weighted by atomic mass is 16.2. The predicted molar refractivity (Wildman–Crippen MR) is 94.3 cm³/mol. The number of carbonyl (C=O) groups excluding carboxylic acids is 1. The minimum absolute atomic E-state index is 0.00765. The van der Waals surface area contributed by atoms with E-state index in [0.29, 0.717) is 0 Å². The molecule has 0 aromatic heterocycles. The second-order valence-electron chi connectivity index (χ2n) is 8.08. The van der Waals surface area contributed by atoms with Crippen molar-refractivity contribution in [3.05, 3.63) is 28.8 Å². The van der Waals surface area contributed by atoms with Gasteiger partial charge in [0.05, 0.1) is 5.41 Å². The maximum atomic E-state index is 13.1. The smallest absolute Gasteiger partial charge is 0.231 e. The molecule has 0 bridgehead atoms. The van der Waals surface area contributed by atoms with Gasteiger partial charge in [0.1, 0.15) is 0 Å². The molecule has 1 aromatic rings. The van der Waals surface area contributed by atoms with Gasteiger partial charge in [-0.05, 0) is 67.9 Å². The Morgan fingerprint density at radius 3 is 1.95 bits per heavy atom. The second kappa shape index (κ2) is 6.06. The van der Waals surface area contributed by atoms with Crippen LogP contribution in [0.25, 0.3) is 0 Å². The summed E-state index contributed by atoms with van der Waals surface area (Å²) in [6, 6.07) is 4.19. The fourth-order valence-corrected chi connectivity index (χ4v) is 3.83. The largest absolute Gasteiger partial charge is 0.326 e. The normalized spacial score (nSPS) is 18.1. The zero-order chi connectivity index (χ0) is 16.5. The molecule has 0 heterocycles. The number of aryl methyl sites for hydroxylation is 2. The molecule has 1 saturated carbocycles. The van der Waals surface area contributed by atoms with Crippen molar-refractivity contribution in [2.45, 2.75) is 73.6 Å². The number of amides is 1. The fraction of sp³-hybridized carbons (Fsp3) is 0.650. The third-order valence-corrected chi connectivity index (χ3v) is 5.76. The molecule has 0 saturated heterocycles. The quantitative estimate of drug-likeness (QED) is 0.762. The third kappa shape index (κ3) is 3.06. The van der Waals surface area contributed by atoms with E-state index in [0.717, 1.165) is 31.4 Å². The lowest BCUT2D eigenvalue weighted by Gasteiger charge is -2.46. The molecule has 0 radical (unpaired) electrons. The van der Waals surface area contributed by atoms with Gasteiger partial charge in [0.15, 0.2) is 0 Å². The summed E-state index contributed by atoms with van der Waals surface area (Å²) in [5.74, 6) is 0.211. The first-order valence-corrected chi connectivity index (χ1v) is 8.57. The van der Waals surface area contributed by atoms with Gasteiger partial charge in [-0.2, -0.15) is 0 Å². The van der Waals surface area contributed by atoms with Crippen LogP contribution < -0.4 is 5.32 Å². The number of anilines is 1. The molecule has 1 fully saturated rings. The molecule has 1 N–H and O–H groups in total. The molecule has 0 spiro atoms. The Labute approximate surface area is 135 Å². The summed E-state index contributed by atoms with van der Waals surface area (Å²) in [6.45, 7) is 13.0. The minimum atomic E-state index is -0.238. The Balaban J connectivity index is 2.29. The van der Waals surface area contributed by atoms with Crippen LogP contribution in [0.4, 0.5) is 5.69 Å². The molecule has 2 heteroatoms. The summed E-state index contributed by atoms with van der Waals surface area (Å²) in [5.41, 5.74) is 4.48. The van der Waals surface area contributed by atoms with Crippen molar-refractivity contribution in [1.29, 1.82) is 0 Å². The van der Waals surface area contributed by atoms with Crippen LogP contribution in [0.5, 0.6) is 0 Å². The highest BCUT2D eigenvalue weighted by Gasteiger charge is 2.48. The van der Waals surface area contributed by atoms with Crippen molar-refractivity contribution >= 4 is 11.6 Å². The van der Waals surface area contributed by atoms with E-state index >= 15 is 0 Å². The highest BCUT2D eigenvalue weighted by Crippen LogP contribution is 2.50. The van der Waals surface area contributed by atoms with Crippen LogP contribution in [0, 0.1) is 31.6 Å². The molecule has 1 amide bonds. The van der Waals surface area contributed by atoms with Gasteiger partial charge in [0.25, 0.3) is 0 Å². The van der Waals surface area contributed by atoms with E-state index in [-0.39, 0.29) is 16.7 Å². The lowest BCUT2D eigenvalue weighted by molar-refractivity contribution is -0.134. The first kappa shape index (κ1) is 17.1. The highest BCUT2D eigenvalue weighted by molar-refractivity contribution is 5.96. The number of nitrogens with one attached hydrogen (secondary N) is 1. The first-order valence-electron chi connectivity index (χ1n) is 8.57. The third-order valence-electron chi connectivity index (χ3n) is 5.76. The lowest BCUT2D eigenvalue weighted by atomic mass is 9.59. The number of carbonyl (C=O) groups is 1. The van der Waals surface area contributed by atoms with Crippen LogP contribution in [-0.2, 0) is 4.79 Å². The standard InChI is InChI=1S/C20H31NO/c1-14-12-17(13-15(2)16(14)3)21-18(22)20(19(4,5)6)10-8-7-9-11-20/h12-13H,7-11H2,1-6H3,(H,21,22). The summed E-state index contributed by atoms with van der Waals surface area (Å²) >= 11 is 0. The van der Waals surface area contributed by atoms with E-state index in [1.54, 1.807) is 0 Å². The van der Waals surface area contributed by atoms with Crippen LogP contribution in [0.1, 0.15) is 69.6 Å². The van der Waals surface area contributed by atoms with Crippen LogP contribution in [-0.4, -0.2) is 5.91 Å². The number of benzene rings is 1. The second-order valence-corrected chi connectivity index (χ2v) is 8.08. The monoisotopic (exact) mass is 301 g/mol. The van der Waals surface area contributed by atoms with Crippen LogP contribution in [0.15, 0.2) is 12.1 Å². The van der Waals surface area contributed by atoms with Gasteiger partial charge < -0.3 is 5.32 Å². The molecule has 0 unspecified atom stereocenters. The van der Waals surface area contributed by atoms with Crippen molar-refractivity contribution in [1.82, 2.24) is 0 Å². The van der Waals surface area contributed by atoms with Crippen LogP contribution in [0.3, 0.4) is 0 Å².